The number of carbonyl (C=O) groups excluding carboxylic acids is 3. The number of Topliss-reactive ketones (excluding diaryl/α,β-unsaturated/α-hetero) is 1. The van der Waals surface area contributed by atoms with Crippen LogP contribution in [0.3, 0.4) is 0 Å². The Hall–Kier alpha value is -3.72. The largest absolute Gasteiger partial charge is 0.325 e. The minimum Gasteiger partial charge on any atom is -0.319 e. The number of ketones is 1. The minimum atomic E-state index is -3.39. The van der Waals surface area contributed by atoms with Crippen molar-refractivity contribution in [3.8, 4) is 0 Å². The monoisotopic (exact) mass is 491 g/mol. The van der Waals surface area contributed by atoms with Gasteiger partial charge in [-0.25, -0.2) is 13.2 Å². The number of urea groups is 1. The van der Waals surface area contributed by atoms with Crippen molar-refractivity contribution in [3.05, 3.63) is 77.4 Å². The van der Waals surface area contributed by atoms with E-state index in [9.17, 15) is 22.8 Å². The first-order chi connectivity index (χ1) is 16.7. The molecule has 1 saturated heterocycles. The lowest BCUT2D eigenvalue weighted by Crippen LogP contribution is -2.41. The number of anilines is 1. The van der Waals surface area contributed by atoms with E-state index in [1.807, 2.05) is 42.5 Å². The molecule has 180 valence electrons. The Labute approximate surface area is 203 Å². The van der Waals surface area contributed by atoms with E-state index in [0.29, 0.717) is 29.8 Å². The van der Waals surface area contributed by atoms with Gasteiger partial charge in [-0.1, -0.05) is 42.5 Å². The lowest BCUT2D eigenvalue weighted by molar-refractivity contribution is -0.130. The van der Waals surface area contributed by atoms with Crippen molar-refractivity contribution in [1.29, 1.82) is 0 Å². The predicted molar refractivity (Wildman–Crippen MR) is 133 cm³/mol. The minimum absolute atomic E-state index is 0.00519. The molecule has 1 unspecified atom stereocenters. The molecule has 1 N–H and O–H groups in total. The molecule has 1 fully saturated rings. The van der Waals surface area contributed by atoms with E-state index < -0.39 is 39.8 Å². The van der Waals surface area contributed by atoms with Gasteiger partial charge in [0.25, 0.3) is 5.91 Å². The normalized spacial score (nSPS) is 19.8. The third-order valence-corrected chi connectivity index (χ3v) is 8.64. The Balaban J connectivity index is 1.40. The zero-order valence-electron chi connectivity index (χ0n) is 19.4. The fourth-order valence-corrected chi connectivity index (χ4v) is 6.07. The van der Waals surface area contributed by atoms with Crippen LogP contribution < -0.4 is 9.62 Å². The highest BCUT2D eigenvalue weighted by molar-refractivity contribution is 7.92. The summed E-state index contributed by atoms with van der Waals surface area (Å²) in [4.78, 5) is 40.3. The average molecular weight is 492 g/mol. The Morgan fingerprint density at radius 1 is 1.06 bits per heavy atom. The average Bonchev–Trinajstić information content (AvgIpc) is 3.38. The van der Waals surface area contributed by atoms with Gasteiger partial charge in [0, 0.05) is 12.1 Å². The summed E-state index contributed by atoms with van der Waals surface area (Å²) in [5.41, 5.74) is 1.02. The summed E-state index contributed by atoms with van der Waals surface area (Å²) < 4.78 is 26.0. The van der Waals surface area contributed by atoms with Crippen LogP contribution >= 0.6 is 0 Å². The van der Waals surface area contributed by atoms with Crippen LogP contribution in [-0.4, -0.2) is 49.9 Å². The fraction of sp³-hybridized carbons (Fsp3) is 0.269. The molecular weight excluding hydrogens is 466 g/mol. The topological polar surface area (TPSA) is 104 Å². The summed E-state index contributed by atoms with van der Waals surface area (Å²) in [6, 6.07) is 17.4. The van der Waals surface area contributed by atoms with Gasteiger partial charge in [-0.3, -0.25) is 18.8 Å². The summed E-state index contributed by atoms with van der Waals surface area (Å²) in [5.74, 6) is -0.891. The summed E-state index contributed by atoms with van der Waals surface area (Å²) in [5, 5.41) is 4.57. The Kier molecular flexibility index (Phi) is 5.40. The van der Waals surface area contributed by atoms with Crippen molar-refractivity contribution in [2.45, 2.75) is 25.8 Å². The van der Waals surface area contributed by atoms with Gasteiger partial charge in [-0.05, 0) is 60.4 Å². The fourth-order valence-electron chi connectivity index (χ4n) is 4.91. The highest BCUT2D eigenvalue weighted by Gasteiger charge is 2.50. The smallest absolute Gasteiger partial charge is 0.319 e. The number of imide groups is 1. The molecule has 0 saturated carbocycles. The molecule has 9 heteroatoms. The molecule has 3 aromatic rings. The van der Waals surface area contributed by atoms with Crippen molar-refractivity contribution in [1.82, 2.24) is 10.2 Å². The summed E-state index contributed by atoms with van der Waals surface area (Å²) >= 11 is 0. The molecule has 1 atom stereocenters. The number of amides is 3. The van der Waals surface area contributed by atoms with Crippen LogP contribution in [0.1, 0.15) is 35.3 Å². The van der Waals surface area contributed by atoms with E-state index in [0.717, 1.165) is 21.2 Å². The molecule has 0 aromatic heterocycles. The molecular formula is C26H25N3O5S. The van der Waals surface area contributed by atoms with Gasteiger partial charge < -0.3 is 5.32 Å². The van der Waals surface area contributed by atoms with Crippen molar-refractivity contribution in [3.63, 3.8) is 0 Å². The van der Waals surface area contributed by atoms with E-state index in [1.165, 1.54) is 4.31 Å². The third-order valence-electron chi connectivity index (χ3n) is 6.86. The van der Waals surface area contributed by atoms with Crippen LogP contribution in [0.5, 0.6) is 0 Å². The highest BCUT2D eigenvalue weighted by Crippen LogP contribution is 2.35. The highest BCUT2D eigenvalue weighted by atomic mass is 32.2. The van der Waals surface area contributed by atoms with Gasteiger partial charge in [0.05, 0.1) is 18.0 Å². The predicted octanol–water partition coefficient (Wildman–Crippen LogP) is 3.20. The molecule has 2 aliphatic rings. The number of fused-ring (bicyclic) bond motifs is 2. The van der Waals surface area contributed by atoms with Crippen LogP contribution in [0.15, 0.2) is 60.7 Å². The quantitative estimate of drug-likeness (QED) is 0.421. The number of sulfonamides is 1. The number of hydrogen-bond acceptors (Lipinski definition) is 5. The van der Waals surface area contributed by atoms with E-state index >= 15 is 0 Å². The number of nitrogens with zero attached hydrogens (tertiary/aromatic N) is 2. The second kappa shape index (κ2) is 8.20. The van der Waals surface area contributed by atoms with Crippen molar-refractivity contribution >= 4 is 44.2 Å². The number of carbonyl (C=O) groups is 3. The molecule has 8 nitrogen and oxygen atoms in total. The second-order valence-corrected chi connectivity index (χ2v) is 11.1. The van der Waals surface area contributed by atoms with Gasteiger partial charge in [-0.15, -0.1) is 0 Å². The standard InChI is InChI=1S/C26H25N3O5S/c1-3-35(33,34)29-14-13-18-15-19(11-12-22(18)29)23(30)16-28-24(31)26(2,27-25(28)32)21-10-6-8-17-7-4-5-9-20(17)21/h4-12,15H,3,13-14,16H2,1-2H3,(H,27,32). The third kappa shape index (κ3) is 3.67. The van der Waals surface area contributed by atoms with E-state index in [-0.39, 0.29) is 5.75 Å². The Bertz CT molecular complexity index is 1490. The van der Waals surface area contributed by atoms with Crippen LogP contribution in [-0.2, 0) is 26.8 Å². The second-order valence-electron chi connectivity index (χ2n) is 8.96. The van der Waals surface area contributed by atoms with Crippen molar-refractivity contribution in [2.24, 2.45) is 0 Å². The van der Waals surface area contributed by atoms with Crippen molar-refractivity contribution in [2.75, 3.05) is 23.1 Å². The van der Waals surface area contributed by atoms with Crippen LogP contribution in [0.25, 0.3) is 10.8 Å². The zero-order valence-corrected chi connectivity index (χ0v) is 20.3. The molecule has 0 radical (unpaired) electrons. The lowest BCUT2D eigenvalue weighted by Gasteiger charge is -2.24. The van der Waals surface area contributed by atoms with Gasteiger partial charge in [-0.2, -0.15) is 0 Å². The van der Waals surface area contributed by atoms with Gasteiger partial charge in [0.1, 0.15) is 5.54 Å². The molecule has 3 aromatic carbocycles. The van der Waals surface area contributed by atoms with Crippen LogP contribution in [0.4, 0.5) is 10.5 Å². The van der Waals surface area contributed by atoms with Gasteiger partial charge >= 0.3 is 6.03 Å². The maximum absolute atomic E-state index is 13.4. The number of hydrogen-bond donors (Lipinski definition) is 1. The molecule has 0 aliphatic carbocycles. The molecule has 35 heavy (non-hydrogen) atoms. The number of benzene rings is 3. The first kappa shape index (κ1) is 23.0. The number of nitrogens with one attached hydrogen (secondary N) is 1. The SMILES string of the molecule is CCS(=O)(=O)N1CCc2cc(C(=O)CN3C(=O)NC(C)(c4cccc5ccccc45)C3=O)ccc21. The Morgan fingerprint density at radius 2 is 1.80 bits per heavy atom. The van der Waals surface area contributed by atoms with Crippen molar-refractivity contribution < 1.29 is 22.8 Å². The molecule has 2 aliphatic heterocycles. The Morgan fingerprint density at radius 3 is 2.57 bits per heavy atom. The summed E-state index contributed by atoms with van der Waals surface area (Å²) in [6.07, 6.45) is 0.498. The maximum Gasteiger partial charge on any atom is 0.325 e. The van der Waals surface area contributed by atoms with Crippen LogP contribution in [0, 0.1) is 0 Å². The molecule has 2 heterocycles. The summed E-state index contributed by atoms with van der Waals surface area (Å²) in [7, 11) is -3.39. The first-order valence-electron chi connectivity index (χ1n) is 11.4. The zero-order chi connectivity index (χ0) is 25.0. The van der Waals surface area contributed by atoms with Crippen LogP contribution in [0.2, 0.25) is 0 Å². The molecule has 0 spiro atoms. The van der Waals surface area contributed by atoms with E-state index in [1.54, 1.807) is 32.0 Å². The first-order valence-corrected chi connectivity index (χ1v) is 13.1. The number of rotatable bonds is 6. The molecule has 5 rings (SSSR count). The van der Waals surface area contributed by atoms with Gasteiger partial charge in [0.15, 0.2) is 5.78 Å². The molecule has 0 bridgehead atoms. The van der Waals surface area contributed by atoms with Gasteiger partial charge in [0.2, 0.25) is 10.0 Å². The lowest BCUT2D eigenvalue weighted by atomic mass is 9.87. The van der Waals surface area contributed by atoms with E-state index in [2.05, 4.69) is 5.32 Å². The maximum atomic E-state index is 13.4. The van der Waals surface area contributed by atoms with E-state index in [4.69, 9.17) is 0 Å². The molecule has 3 amide bonds. The summed E-state index contributed by atoms with van der Waals surface area (Å²) in [6.45, 7) is 3.17.